The van der Waals surface area contributed by atoms with Gasteiger partial charge in [0.15, 0.2) is 0 Å². The molecule has 0 bridgehead atoms. The molecule has 4 heteroatoms. The molecule has 2 rings (SSSR count). The van der Waals surface area contributed by atoms with Crippen molar-refractivity contribution in [2.45, 2.75) is 52.0 Å². The second kappa shape index (κ2) is 7.41. The number of carbonyl (C=O) groups is 1. The fraction of sp³-hybridized carbons (Fsp3) is 0.938. The van der Waals surface area contributed by atoms with E-state index in [0.29, 0.717) is 36.8 Å². The lowest BCUT2D eigenvalue weighted by Gasteiger charge is -2.44. The van der Waals surface area contributed by atoms with E-state index in [9.17, 15) is 4.79 Å². The van der Waals surface area contributed by atoms with Gasteiger partial charge in [-0.05, 0) is 44.2 Å². The van der Waals surface area contributed by atoms with Crippen LogP contribution in [0.1, 0.15) is 46.0 Å². The second-order valence-electron chi connectivity index (χ2n) is 6.96. The molecule has 2 aliphatic rings. The van der Waals surface area contributed by atoms with Crippen LogP contribution in [0.25, 0.3) is 0 Å². The highest BCUT2D eigenvalue weighted by molar-refractivity contribution is 5.76. The van der Waals surface area contributed by atoms with E-state index in [1.165, 1.54) is 25.8 Å². The normalized spacial score (nSPS) is 25.6. The number of rotatable bonds is 5. The Kier molecular flexibility index (Phi) is 5.85. The molecule has 0 aromatic rings. The van der Waals surface area contributed by atoms with Crippen molar-refractivity contribution < 1.29 is 4.79 Å². The van der Waals surface area contributed by atoms with Gasteiger partial charge in [0.05, 0.1) is 0 Å². The Hall–Kier alpha value is -0.610. The van der Waals surface area contributed by atoms with Gasteiger partial charge in [-0.3, -0.25) is 9.69 Å². The third kappa shape index (κ3) is 4.19. The Bertz CT molecular complexity index is 319. The Morgan fingerprint density at radius 3 is 2.75 bits per heavy atom. The van der Waals surface area contributed by atoms with E-state index in [1.807, 2.05) is 0 Å². The molecular weight excluding hydrogens is 250 g/mol. The number of hydrogen-bond donors (Lipinski definition) is 1. The standard InChI is InChI=1S/C16H31N3O/c1-13(2)9-14(11-17)10-16(20)19-8-7-18-6-4-3-5-15(18)12-19/h13-15H,3-12,17H2,1-2H3/t14-,15?/m0/s1. The molecule has 1 unspecified atom stereocenters. The Labute approximate surface area is 123 Å². The largest absolute Gasteiger partial charge is 0.340 e. The molecule has 2 fully saturated rings. The lowest BCUT2D eigenvalue weighted by atomic mass is 9.93. The molecule has 20 heavy (non-hydrogen) atoms. The Morgan fingerprint density at radius 1 is 1.25 bits per heavy atom. The van der Waals surface area contributed by atoms with E-state index >= 15 is 0 Å². The first-order valence-corrected chi connectivity index (χ1v) is 8.32. The molecule has 0 aromatic heterocycles. The number of hydrogen-bond acceptors (Lipinski definition) is 3. The molecule has 0 radical (unpaired) electrons. The zero-order chi connectivity index (χ0) is 14.5. The number of piperidine rings is 1. The van der Waals surface area contributed by atoms with Crippen molar-refractivity contribution in [2.75, 3.05) is 32.7 Å². The van der Waals surface area contributed by atoms with E-state index in [0.717, 1.165) is 26.1 Å². The smallest absolute Gasteiger partial charge is 0.222 e. The number of carbonyl (C=O) groups excluding carboxylic acids is 1. The van der Waals surface area contributed by atoms with Crippen LogP contribution >= 0.6 is 0 Å². The molecular formula is C16H31N3O. The van der Waals surface area contributed by atoms with Gasteiger partial charge in [0.2, 0.25) is 5.91 Å². The lowest BCUT2D eigenvalue weighted by Crippen LogP contribution is -2.56. The van der Waals surface area contributed by atoms with Crippen LogP contribution in [0.4, 0.5) is 0 Å². The minimum absolute atomic E-state index is 0.325. The van der Waals surface area contributed by atoms with Gasteiger partial charge in [0.25, 0.3) is 0 Å². The lowest BCUT2D eigenvalue weighted by molar-refractivity contribution is -0.135. The number of nitrogens with two attached hydrogens (primary N) is 1. The first-order valence-electron chi connectivity index (χ1n) is 8.32. The average Bonchev–Trinajstić information content (AvgIpc) is 2.45. The first-order chi connectivity index (χ1) is 9.60. The fourth-order valence-corrected chi connectivity index (χ4v) is 3.69. The van der Waals surface area contributed by atoms with Gasteiger partial charge in [-0.1, -0.05) is 20.3 Å². The highest BCUT2D eigenvalue weighted by Gasteiger charge is 2.31. The monoisotopic (exact) mass is 281 g/mol. The molecule has 2 heterocycles. The van der Waals surface area contributed by atoms with Gasteiger partial charge in [-0.25, -0.2) is 0 Å². The molecule has 0 aliphatic carbocycles. The number of fused-ring (bicyclic) bond motifs is 1. The SMILES string of the molecule is CC(C)C[C@H](CN)CC(=O)N1CCN2CCCCC2C1. The summed E-state index contributed by atoms with van der Waals surface area (Å²) in [5, 5.41) is 0. The summed E-state index contributed by atoms with van der Waals surface area (Å²) in [6.07, 6.45) is 5.61. The molecule has 1 amide bonds. The van der Waals surface area contributed by atoms with Gasteiger partial charge < -0.3 is 10.6 Å². The highest BCUT2D eigenvalue weighted by Crippen LogP contribution is 2.22. The third-order valence-corrected chi connectivity index (χ3v) is 4.79. The Balaban J connectivity index is 1.83. The predicted octanol–water partition coefficient (Wildman–Crippen LogP) is 1.69. The Morgan fingerprint density at radius 2 is 2.05 bits per heavy atom. The maximum atomic E-state index is 12.5. The summed E-state index contributed by atoms with van der Waals surface area (Å²) >= 11 is 0. The van der Waals surface area contributed by atoms with Crippen LogP contribution in [-0.2, 0) is 4.79 Å². The van der Waals surface area contributed by atoms with Gasteiger partial charge in [-0.15, -0.1) is 0 Å². The molecule has 0 spiro atoms. The summed E-state index contributed by atoms with van der Waals surface area (Å²) in [6.45, 7) is 9.18. The summed E-state index contributed by atoms with van der Waals surface area (Å²) in [6, 6.07) is 0.614. The molecule has 0 aromatic carbocycles. The van der Waals surface area contributed by atoms with Crippen LogP contribution in [0.3, 0.4) is 0 Å². The van der Waals surface area contributed by atoms with E-state index in [2.05, 4.69) is 23.6 Å². The molecule has 4 nitrogen and oxygen atoms in total. The average molecular weight is 281 g/mol. The van der Waals surface area contributed by atoms with Crippen LogP contribution in [-0.4, -0.2) is 54.5 Å². The first kappa shape index (κ1) is 15.8. The van der Waals surface area contributed by atoms with Crippen molar-refractivity contribution in [2.24, 2.45) is 17.6 Å². The van der Waals surface area contributed by atoms with Crippen molar-refractivity contribution in [1.29, 1.82) is 0 Å². The number of nitrogens with zero attached hydrogens (tertiary/aromatic N) is 2. The topological polar surface area (TPSA) is 49.6 Å². The second-order valence-corrected chi connectivity index (χ2v) is 6.96. The zero-order valence-electron chi connectivity index (χ0n) is 13.2. The summed E-state index contributed by atoms with van der Waals surface area (Å²) in [4.78, 5) is 17.1. The van der Waals surface area contributed by atoms with E-state index in [1.54, 1.807) is 0 Å². The summed E-state index contributed by atoms with van der Waals surface area (Å²) in [7, 11) is 0. The van der Waals surface area contributed by atoms with Crippen molar-refractivity contribution in [3.63, 3.8) is 0 Å². The van der Waals surface area contributed by atoms with Gasteiger partial charge >= 0.3 is 0 Å². The third-order valence-electron chi connectivity index (χ3n) is 4.79. The van der Waals surface area contributed by atoms with Crippen molar-refractivity contribution in [1.82, 2.24) is 9.80 Å². The number of amides is 1. The van der Waals surface area contributed by atoms with E-state index in [-0.39, 0.29) is 0 Å². The van der Waals surface area contributed by atoms with Gasteiger partial charge in [-0.2, -0.15) is 0 Å². The van der Waals surface area contributed by atoms with Crippen molar-refractivity contribution in [3.8, 4) is 0 Å². The highest BCUT2D eigenvalue weighted by atomic mass is 16.2. The van der Waals surface area contributed by atoms with Crippen molar-refractivity contribution >= 4 is 5.91 Å². The van der Waals surface area contributed by atoms with Crippen LogP contribution in [0, 0.1) is 11.8 Å². The molecule has 0 saturated carbocycles. The molecule has 116 valence electrons. The molecule has 2 N–H and O–H groups in total. The minimum atomic E-state index is 0.325. The van der Waals surface area contributed by atoms with Crippen LogP contribution in [0.15, 0.2) is 0 Å². The number of piperazine rings is 1. The van der Waals surface area contributed by atoms with Crippen LogP contribution < -0.4 is 5.73 Å². The predicted molar refractivity (Wildman–Crippen MR) is 82.4 cm³/mol. The van der Waals surface area contributed by atoms with Crippen molar-refractivity contribution in [3.05, 3.63) is 0 Å². The fourth-order valence-electron chi connectivity index (χ4n) is 3.69. The maximum Gasteiger partial charge on any atom is 0.222 e. The van der Waals surface area contributed by atoms with Gasteiger partial charge in [0, 0.05) is 32.1 Å². The summed E-state index contributed by atoms with van der Waals surface area (Å²) < 4.78 is 0. The zero-order valence-corrected chi connectivity index (χ0v) is 13.2. The van der Waals surface area contributed by atoms with Gasteiger partial charge in [0.1, 0.15) is 0 Å². The minimum Gasteiger partial charge on any atom is -0.340 e. The van der Waals surface area contributed by atoms with Crippen LogP contribution in [0.2, 0.25) is 0 Å². The quantitative estimate of drug-likeness (QED) is 0.834. The van der Waals surface area contributed by atoms with Crippen LogP contribution in [0.5, 0.6) is 0 Å². The molecule has 2 aliphatic heterocycles. The molecule has 2 saturated heterocycles. The van der Waals surface area contributed by atoms with E-state index in [4.69, 9.17) is 5.73 Å². The summed E-state index contributed by atoms with van der Waals surface area (Å²) in [5.41, 5.74) is 5.83. The maximum absolute atomic E-state index is 12.5. The molecule has 2 atom stereocenters. The summed E-state index contributed by atoms with van der Waals surface area (Å²) in [5.74, 6) is 1.30. The van der Waals surface area contributed by atoms with E-state index < -0.39 is 0 Å².